The van der Waals surface area contributed by atoms with E-state index in [9.17, 15) is 4.79 Å². The van der Waals surface area contributed by atoms with Crippen LogP contribution >= 0.6 is 22.7 Å². The van der Waals surface area contributed by atoms with Crippen molar-refractivity contribution in [3.63, 3.8) is 0 Å². The van der Waals surface area contributed by atoms with Crippen LogP contribution in [0.5, 0.6) is 0 Å². The molecule has 0 aliphatic rings. The molecule has 0 saturated heterocycles. The van der Waals surface area contributed by atoms with E-state index in [2.05, 4.69) is 25.3 Å². The zero-order valence-corrected chi connectivity index (χ0v) is 18.0. The van der Waals surface area contributed by atoms with E-state index in [0.717, 1.165) is 22.5 Å². The van der Waals surface area contributed by atoms with E-state index >= 15 is 0 Å². The van der Waals surface area contributed by atoms with Gasteiger partial charge in [0.15, 0.2) is 5.69 Å². The van der Waals surface area contributed by atoms with Gasteiger partial charge in [0.25, 0.3) is 0 Å². The Hall–Kier alpha value is -3.69. The number of rotatable bonds is 5. The van der Waals surface area contributed by atoms with Crippen molar-refractivity contribution < 1.29 is 0 Å². The van der Waals surface area contributed by atoms with Gasteiger partial charge < -0.3 is 0 Å². The lowest BCUT2D eigenvalue weighted by Crippen LogP contribution is -2.13. The lowest BCUT2D eigenvalue weighted by molar-refractivity contribution is 0.827. The van der Waals surface area contributed by atoms with Gasteiger partial charge in [0.2, 0.25) is 10.3 Å². The molecule has 0 fully saturated rings. The minimum atomic E-state index is -0.296. The Balaban J connectivity index is 1.42. The van der Waals surface area contributed by atoms with Crippen molar-refractivity contribution in [2.45, 2.75) is 6.92 Å². The molecule has 5 rings (SSSR count). The maximum atomic E-state index is 12.9. The number of benzene rings is 2. The van der Waals surface area contributed by atoms with Crippen LogP contribution in [-0.4, -0.2) is 19.7 Å². The van der Waals surface area contributed by atoms with Gasteiger partial charge in [0.05, 0.1) is 17.1 Å². The second kappa shape index (κ2) is 8.21. The number of azo groups is 1. The summed E-state index contributed by atoms with van der Waals surface area (Å²) in [6.45, 7) is 1.79. The lowest BCUT2D eigenvalue weighted by atomic mass is 10.2. The Morgan fingerprint density at radius 1 is 0.839 bits per heavy atom. The third-order valence-corrected chi connectivity index (χ3v) is 6.14. The van der Waals surface area contributed by atoms with Crippen molar-refractivity contribution in [2.75, 3.05) is 0 Å². The van der Waals surface area contributed by atoms with E-state index in [-0.39, 0.29) is 11.2 Å². The monoisotopic (exact) mass is 444 g/mol. The van der Waals surface area contributed by atoms with E-state index in [1.807, 2.05) is 71.4 Å². The maximum Gasteiger partial charge on any atom is 0.301 e. The molecule has 0 aliphatic carbocycles. The first kappa shape index (κ1) is 19.3. The summed E-state index contributed by atoms with van der Waals surface area (Å²) in [6, 6.07) is 19.7. The third-order valence-electron chi connectivity index (χ3n) is 4.59. The van der Waals surface area contributed by atoms with Gasteiger partial charge in [-0.3, -0.25) is 9.89 Å². The summed E-state index contributed by atoms with van der Waals surface area (Å²) in [5.41, 5.74) is 4.23. The van der Waals surface area contributed by atoms with Crippen LogP contribution in [-0.2, 0) is 0 Å². The number of nitrogens with one attached hydrogen (secondary N) is 1. The van der Waals surface area contributed by atoms with E-state index in [0.29, 0.717) is 16.0 Å². The Bertz CT molecular complexity index is 1410. The Morgan fingerprint density at radius 2 is 1.45 bits per heavy atom. The fraction of sp³-hybridized carbons (Fsp3) is 0.0455. The van der Waals surface area contributed by atoms with Crippen molar-refractivity contribution in [3.8, 4) is 27.6 Å². The predicted octanol–water partition coefficient (Wildman–Crippen LogP) is 6.14. The minimum Gasteiger partial charge on any atom is -0.291 e. The predicted molar refractivity (Wildman–Crippen MR) is 124 cm³/mol. The zero-order chi connectivity index (χ0) is 21.2. The fourth-order valence-electron chi connectivity index (χ4n) is 3.04. The minimum absolute atomic E-state index is 0.243. The van der Waals surface area contributed by atoms with Crippen molar-refractivity contribution in [2.24, 2.45) is 10.2 Å². The summed E-state index contributed by atoms with van der Waals surface area (Å²) in [6.07, 6.45) is 0. The molecule has 0 saturated carbocycles. The SMILES string of the molecule is Cc1[nH]n(-c2nc(-c3ccccc3)cs2)c(=O)c1N=Nc1nc(-c2ccccc2)cs1. The van der Waals surface area contributed by atoms with Crippen molar-refractivity contribution in [3.05, 3.63) is 87.5 Å². The molecule has 0 spiro atoms. The molecular formula is C22H16N6OS2. The van der Waals surface area contributed by atoms with Crippen LogP contribution < -0.4 is 5.56 Å². The van der Waals surface area contributed by atoms with Gasteiger partial charge in [-0.05, 0) is 6.92 Å². The van der Waals surface area contributed by atoms with Crippen LogP contribution in [0.25, 0.3) is 27.6 Å². The number of aromatic amines is 1. The smallest absolute Gasteiger partial charge is 0.291 e. The van der Waals surface area contributed by atoms with Crippen LogP contribution in [0.15, 0.2) is 86.4 Å². The summed E-state index contributed by atoms with van der Waals surface area (Å²) in [5.74, 6) is 0. The summed E-state index contributed by atoms with van der Waals surface area (Å²) in [4.78, 5) is 22.0. The highest BCUT2D eigenvalue weighted by Crippen LogP contribution is 2.28. The molecule has 0 aliphatic heterocycles. The normalized spacial score (nSPS) is 11.4. The van der Waals surface area contributed by atoms with Crippen LogP contribution in [0.4, 0.5) is 10.8 Å². The number of hydrogen-bond donors (Lipinski definition) is 1. The number of thiazole rings is 2. The number of aromatic nitrogens is 4. The molecular weight excluding hydrogens is 428 g/mol. The molecule has 152 valence electrons. The van der Waals surface area contributed by atoms with Gasteiger partial charge in [-0.15, -0.1) is 32.9 Å². The second-order valence-corrected chi connectivity index (χ2v) is 8.36. The first-order chi connectivity index (χ1) is 15.2. The van der Waals surface area contributed by atoms with Crippen LogP contribution in [0.1, 0.15) is 5.69 Å². The van der Waals surface area contributed by atoms with E-state index in [1.165, 1.54) is 27.4 Å². The molecule has 9 heteroatoms. The van der Waals surface area contributed by atoms with Gasteiger partial charge in [0, 0.05) is 21.9 Å². The van der Waals surface area contributed by atoms with Crippen molar-refractivity contribution in [1.29, 1.82) is 0 Å². The number of hydrogen-bond acceptors (Lipinski definition) is 7. The fourth-order valence-corrected chi connectivity index (χ4v) is 4.48. The maximum absolute atomic E-state index is 12.9. The van der Waals surface area contributed by atoms with Gasteiger partial charge in [-0.1, -0.05) is 60.7 Å². The van der Waals surface area contributed by atoms with Gasteiger partial charge in [-0.2, -0.15) is 4.68 Å². The first-order valence-electron chi connectivity index (χ1n) is 9.44. The average molecular weight is 445 g/mol. The summed E-state index contributed by atoms with van der Waals surface area (Å²) >= 11 is 2.77. The second-order valence-electron chi connectivity index (χ2n) is 6.69. The van der Waals surface area contributed by atoms with Crippen LogP contribution in [0.2, 0.25) is 0 Å². The molecule has 0 atom stereocenters. The number of nitrogens with zero attached hydrogens (tertiary/aromatic N) is 5. The van der Waals surface area contributed by atoms with Crippen LogP contribution in [0, 0.1) is 6.92 Å². The number of aryl methyl sites for hydroxylation is 1. The lowest BCUT2D eigenvalue weighted by Gasteiger charge is -1.95. The Kier molecular flexibility index (Phi) is 5.11. The third kappa shape index (κ3) is 3.88. The zero-order valence-electron chi connectivity index (χ0n) is 16.4. The first-order valence-corrected chi connectivity index (χ1v) is 11.2. The quantitative estimate of drug-likeness (QED) is 0.330. The molecule has 2 aromatic carbocycles. The summed E-state index contributed by atoms with van der Waals surface area (Å²) < 4.78 is 1.40. The highest BCUT2D eigenvalue weighted by molar-refractivity contribution is 7.13. The van der Waals surface area contributed by atoms with Crippen molar-refractivity contribution >= 4 is 33.5 Å². The molecule has 0 bridgehead atoms. The highest BCUT2D eigenvalue weighted by atomic mass is 32.1. The molecule has 5 aromatic rings. The molecule has 0 amide bonds. The topological polar surface area (TPSA) is 88.3 Å². The van der Waals surface area contributed by atoms with E-state index in [1.54, 1.807) is 6.92 Å². The number of H-pyrrole nitrogens is 1. The molecule has 3 aromatic heterocycles. The van der Waals surface area contributed by atoms with E-state index < -0.39 is 0 Å². The Morgan fingerprint density at radius 3 is 2.13 bits per heavy atom. The standard InChI is InChI=1S/C22H16N6OS2/c1-14-19(25-26-21-23-17(12-30-21)15-8-4-2-5-9-15)20(29)28(27-14)22-24-18(13-31-22)16-10-6-3-7-11-16/h2-13,27H,1H3. The molecule has 31 heavy (non-hydrogen) atoms. The highest BCUT2D eigenvalue weighted by Gasteiger charge is 2.15. The molecule has 0 unspecified atom stereocenters. The Labute approximate surface area is 185 Å². The summed E-state index contributed by atoms with van der Waals surface area (Å²) in [7, 11) is 0. The largest absolute Gasteiger partial charge is 0.301 e. The van der Waals surface area contributed by atoms with Crippen LogP contribution in [0.3, 0.4) is 0 Å². The van der Waals surface area contributed by atoms with Gasteiger partial charge >= 0.3 is 5.56 Å². The van der Waals surface area contributed by atoms with Gasteiger partial charge in [-0.25, -0.2) is 9.97 Å². The van der Waals surface area contributed by atoms with Crippen molar-refractivity contribution in [1.82, 2.24) is 19.7 Å². The average Bonchev–Trinajstić information content (AvgIpc) is 3.54. The summed E-state index contributed by atoms with van der Waals surface area (Å²) in [5, 5.41) is 16.3. The molecule has 0 radical (unpaired) electrons. The molecule has 7 nitrogen and oxygen atoms in total. The van der Waals surface area contributed by atoms with Gasteiger partial charge in [0.1, 0.15) is 0 Å². The van der Waals surface area contributed by atoms with E-state index in [4.69, 9.17) is 0 Å². The molecule has 3 heterocycles. The molecule has 1 N–H and O–H groups in total.